The number of carbonyl (C=O) groups is 2. The van der Waals surface area contributed by atoms with Crippen molar-refractivity contribution >= 4 is 38.2 Å². The van der Waals surface area contributed by atoms with E-state index in [9.17, 15) is 18.0 Å². The summed E-state index contributed by atoms with van der Waals surface area (Å²) < 4.78 is 38.4. The van der Waals surface area contributed by atoms with Crippen molar-refractivity contribution in [2.24, 2.45) is 5.73 Å². The van der Waals surface area contributed by atoms with E-state index < -0.39 is 21.8 Å². The number of carbonyl (C=O) groups excluding carboxylic acids is 2. The highest BCUT2D eigenvalue weighted by Crippen LogP contribution is 2.37. The molecular formula is C27H29N3O6S2. The number of hydrogen-bond acceptors (Lipinski definition) is 7. The third-order valence-corrected chi connectivity index (χ3v) is 9.96. The molecular weight excluding hydrogens is 526 g/mol. The van der Waals surface area contributed by atoms with E-state index in [1.807, 2.05) is 18.2 Å². The molecule has 0 unspecified atom stereocenters. The van der Waals surface area contributed by atoms with Crippen LogP contribution in [0.4, 0.5) is 5.00 Å². The number of primary amides is 1. The normalized spacial score (nSPS) is 15.7. The summed E-state index contributed by atoms with van der Waals surface area (Å²) in [6.45, 7) is 3.00. The van der Waals surface area contributed by atoms with Crippen LogP contribution in [0.1, 0.15) is 62.4 Å². The van der Waals surface area contributed by atoms with Gasteiger partial charge in [0.25, 0.3) is 11.8 Å². The van der Waals surface area contributed by atoms with E-state index in [2.05, 4.69) is 5.32 Å². The number of nitrogens with one attached hydrogen (secondary N) is 1. The smallest absolute Gasteiger partial charge is 0.256 e. The van der Waals surface area contributed by atoms with Crippen molar-refractivity contribution in [3.63, 3.8) is 0 Å². The van der Waals surface area contributed by atoms with Gasteiger partial charge in [0.2, 0.25) is 16.8 Å². The molecule has 2 amide bonds. The third kappa shape index (κ3) is 5.27. The fourth-order valence-corrected chi connectivity index (χ4v) is 7.49. The van der Waals surface area contributed by atoms with Crippen LogP contribution < -0.4 is 20.5 Å². The summed E-state index contributed by atoms with van der Waals surface area (Å²) in [5.41, 5.74) is 7.88. The van der Waals surface area contributed by atoms with Crippen LogP contribution in [0.15, 0.2) is 47.4 Å². The standard InChI is InChI=1S/C27H29N3O6S2/c1-17-23(15-18-6-11-21-22(14-18)36-16-35-21)37-27(24(17)25(28)31)29-26(32)19-7-9-20(10-8-19)38(33,34)30-12-4-2-3-5-13-30/h6-11,14H,2-5,12-13,15-16H2,1H3,(H2,28,31)(H,29,32). The number of thiophene rings is 1. The second-order valence-corrected chi connectivity index (χ2v) is 12.4. The van der Waals surface area contributed by atoms with E-state index in [0.717, 1.165) is 36.1 Å². The molecule has 9 nitrogen and oxygen atoms in total. The van der Waals surface area contributed by atoms with Crippen molar-refractivity contribution in [3.8, 4) is 11.5 Å². The van der Waals surface area contributed by atoms with Gasteiger partial charge in [0, 0.05) is 30.0 Å². The van der Waals surface area contributed by atoms with Gasteiger partial charge in [-0.3, -0.25) is 9.59 Å². The minimum atomic E-state index is -3.61. The molecule has 3 N–H and O–H groups in total. The lowest BCUT2D eigenvalue weighted by molar-refractivity contribution is 0.100. The Bertz CT molecular complexity index is 1470. The zero-order valence-electron chi connectivity index (χ0n) is 21.0. The molecule has 1 fully saturated rings. The number of fused-ring (bicyclic) bond motifs is 1. The monoisotopic (exact) mass is 555 g/mol. The lowest BCUT2D eigenvalue weighted by atomic mass is 10.1. The van der Waals surface area contributed by atoms with Crippen molar-refractivity contribution in [2.45, 2.75) is 43.9 Å². The summed E-state index contributed by atoms with van der Waals surface area (Å²) >= 11 is 1.29. The molecule has 0 saturated carbocycles. The Morgan fingerprint density at radius 2 is 1.68 bits per heavy atom. The van der Waals surface area contributed by atoms with E-state index in [0.29, 0.717) is 41.6 Å². The van der Waals surface area contributed by atoms with Gasteiger partial charge in [-0.15, -0.1) is 11.3 Å². The molecule has 0 spiro atoms. The Kier molecular flexibility index (Phi) is 7.42. The Labute approximate surface area is 225 Å². The largest absolute Gasteiger partial charge is 0.454 e. The van der Waals surface area contributed by atoms with E-state index in [-0.39, 0.29) is 22.8 Å². The molecule has 1 aromatic heterocycles. The minimum absolute atomic E-state index is 0.159. The average Bonchev–Trinajstić information content (AvgIpc) is 3.35. The van der Waals surface area contributed by atoms with Crippen LogP contribution in [0.5, 0.6) is 11.5 Å². The fraction of sp³-hybridized carbons (Fsp3) is 0.333. The van der Waals surface area contributed by atoms with E-state index in [1.54, 1.807) is 6.92 Å². The van der Waals surface area contributed by atoms with Crippen LogP contribution in [-0.4, -0.2) is 44.4 Å². The summed E-state index contributed by atoms with van der Waals surface area (Å²) in [7, 11) is -3.61. The van der Waals surface area contributed by atoms with Crippen molar-refractivity contribution in [2.75, 3.05) is 25.2 Å². The maximum Gasteiger partial charge on any atom is 0.256 e. The van der Waals surface area contributed by atoms with Crippen molar-refractivity contribution < 1.29 is 27.5 Å². The summed E-state index contributed by atoms with van der Waals surface area (Å²) in [5.74, 6) is 0.265. The second-order valence-electron chi connectivity index (χ2n) is 9.38. The molecule has 200 valence electrons. The number of nitrogens with zero attached hydrogens (tertiary/aromatic N) is 1. The second kappa shape index (κ2) is 10.8. The number of anilines is 1. The molecule has 2 aromatic carbocycles. The summed E-state index contributed by atoms with van der Waals surface area (Å²) in [4.78, 5) is 26.4. The average molecular weight is 556 g/mol. The van der Waals surface area contributed by atoms with Crippen LogP contribution in [0.2, 0.25) is 0 Å². The Hall–Kier alpha value is -3.41. The van der Waals surface area contributed by atoms with Crippen molar-refractivity contribution in [3.05, 3.63) is 69.6 Å². The first kappa shape index (κ1) is 26.2. The summed E-state index contributed by atoms with van der Waals surface area (Å²) in [6, 6.07) is 11.5. The van der Waals surface area contributed by atoms with E-state index >= 15 is 0 Å². The number of benzene rings is 2. The SMILES string of the molecule is Cc1c(Cc2ccc3c(c2)OCO3)sc(NC(=O)c2ccc(S(=O)(=O)N3CCCCCC3)cc2)c1C(N)=O. The molecule has 0 atom stereocenters. The number of ether oxygens (including phenoxy) is 2. The number of amides is 2. The van der Waals surface area contributed by atoms with Gasteiger partial charge in [-0.05, 0) is 67.3 Å². The molecule has 0 aliphatic carbocycles. The van der Waals surface area contributed by atoms with Crippen LogP contribution >= 0.6 is 11.3 Å². The van der Waals surface area contributed by atoms with Crippen molar-refractivity contribution in [1.29, 1.82) is 0 Å². The van der Waals surface area contributed by atoms with Crippen molar-refractivity contribution in [1.82, 2.24) is 4.31 Å². The predicted octanol–water partition coefficient (Wildman–Crippen LogP) is 4.29. The maximum absolute atomic E-state index is 13.1. The first-order valence-corrected chi connectivity index (χ1v) is 14.7. The zero-order chi connectivity index (χ0) is 26.9. The molecule has 3 aromatic rings. The summed E-state index contributed by atoms with van der Waals surface area (Å²) in [5, 5.41) is 3.16. The Morgan fingerprint density at radius 3 is 2.37 bits per heavy atom. The van der Waals surface area contributed by atoms with Gasteiger partial charge in [-0.2, -0.15) is 4.31 Å². The highest BCUT2D eigenvalue weighted by Gasteiger charge is 2.26. The number of hydrogen-bond donors (Lipinski definition) is 2. The quantitative estimate of drug-likeness (QED) is 0.448. The van der Waals surface area contributed by atoms with Gasteiger partial charge in [0.15, 0.2) is 11.5 Å². The van der Waals surface area contributed by atoms with E-state index in [4.69, 9.17) is 15.2 Å². The highest BCUT2D eigenvalue weighted by atomic mass is 32.2. The van der Waals surface area contributed by atoms with Gasteiger partial charge in [-0.25, -0.2) is 8.42 Å². The van der Waals surface area contributed by atoms with Crippen LogP contribution in [0, 0.1) is 6.92 Å². The lowest BCUT2D eigenvalue weighted by Gasteiger charge is -2.20. The molecule has 11 heteroatoms. The van der Waals surface area contributed by atoms with Gasteiger partial charge in [0.05, 0.1) is 10.5 Å². The number of nitrogens with two attached hydrogens (primary N) is 1. The molecule has 3 heterocycles. The molecule has 1 saturated heterocycles. The molecule has 5 rings (SSSR count). The highest BCUT2D eigenvalue weighted by molar-refractivity contribution is 7.89. The van der Waals surface area contributed by atoms with Gasteiger partial charge in [-0.1, -0.05) is 18.9 Å². The van der Waals surface area contributed by atoms with Gasteiger partial charge >= 0.3 is 0 Å². The van der Waals surface area contributed by atoms with Gasteiger partial charge < -0.3 is 20.5 Å². The minimum Gasteiger partial charge on any atom is -0.454 e. The Morgan fingerprint density at radius 1 is 1.00 bits per heavy atom. The lowest BCUT2D eigenvalue weighted by Crippen LogP contribution is -2.31. The third-order valence-electron chi connectivity index (χ3n) is 6.84. The van der Waals surface area contributed by atoms with Crippen LogP contribution in [-0.2, 0) is 16.4 Å². The van der Waals surface area contributed by atoms with E-state index in [1.165, 1.54) is 39.9 Å². The first-order chi connectivity index (χ1) is 18.2. The topological polar surface area (TPSA) is 128 Å². The van der Waals surface area contributed by atoms with Crippen LogP contribution in [0.3, 0.4) is 0 Å². The molecule has 2 aliphatic heterocycles. The molecule has 0 bridgehead atoms. The zero-order valence-corrected chi connectivity index (χ0v) is 22.6. The Balaban J connectivity index is 1.34. The molecule has 0 radical (unpaired) electrons. The maximum atomic E-state index is 13.1. The number of sulfonamides is 1. The summed E-state index contributed by atoms with van der Waals surface area (Å²) in [6.07, 6.45) is 4.27. The fourth-order valence-electron chi connectivity index (χ4n) is 4.73. The van der Waals surface area contributed by atoms with Gasteiger partial charge in [0.1, 0.15) is 5.00 Å². The molecule has 38 heavy (non-hydrogen) atoms. The predicted molar refractivity (Wildman–Crippen MR) is 145 cm³/mol. The first-order valence-electron chi connectivity index (χ1n) is 12.5. The molecule has 2 aliphatic rings. The van der Waals surface area contributed by atoms with Crippen LogP contribution in [0.25, 0.3) is 0 Å². The number of rotatable bonds is 7.